The number of carbonyl (C=O) groups excluding carboxylic acids is 2. The summed E-state index contributed by atoms with van der Waals surface area (Å²) in [4.78, 5) is 33.2. The van der Waals surface area contributed by atoms with Gasteiger partial charge in [-0.15, -0.1) is 0 Å². The van der Waals surface area contributed by atoms with Crippen LogP contribution >= 0.6 is 23.2 Å². The van der Waals surface area contributed by atoms with Crippen molar-refractivity contribution in [2.45, 2.75) is 25.8 Å². The normalized spacial score (nSPS) is 11.8. The number of ether oxygens (including phenoxy) is 2. The Balaban J connectivity index is 1.62. The van der Waals surface area contributed by atoms with Gasteiger partial charge in [-0.3, -0.25) is 4.79 Å². The van der Waals surface area contributed by atoms with E-state index >= 15 is 0 Å². The zero-order chi connectivity index (χ0) is 24.5. The Hall–Kier alpha value is -3.42. The summed E-state index contributed by atoms with van der Waals surface area (Å²) in [5.41, 5.74) is 2.01. The summed E-state index contributed by atoms with van der Waals surface area (Å²) in [5, 5.41) is 3.01. The molecule has 0 aliphatic carbocycles. The van der Waals surface area contributed by atoms with Gasteiger partial charge in [0.2, 0.25) is 0 Å². The summed E-state index contributed by atoms with van der Waals surface area (Å²) >= 11 is 12.2. The van der Waals surface area contributed by atoms with E-state index in [9.17, 15) is 9.59 Å². The van der Waals surface area contributed by atoms with Gasteiger partial charge in [-0.05, 0) is 48.2 Å². The number of hydrogen-bond donors (Lipinski definition) is 1. The van der Waals surface area contributed by atoms with Crippen LogP contribution in [0.25, 0.3) is 6.08 Å². The SMILES string of the molecule is CCc1cnc(Oc2ccc(/C=C/CC(NC(=O)c3c(Cl)cccc3Cl)C(=O)OC)cc2)nc1. The molecule has 34 heavy (non-hydrogen) atoms. The fourth-order valence-electron chi connectivity index (χ4n) is 2.97. The number of methoxy groups -OCH3 is 1. The number of halogens is 2. The number of carbonyl (C=O) groups is 2. The van der Waals surface area contributed by atoms with Crippen LogP contribution in [0.5, 0.6) is 11.8 Å². The predicted molar refractivity (Wildman–Crippen MR) is 131 cm³/mol. The summed E-state index contributed by atoms with van der Waals surface area (Å²) in [5.74, 6) is -0.549. The third-order valence-electron chi connectivity index (χ3n) is 4.84. The summed E-state index contributed by atoms with van der Waals surface area (Å²) in [6, 6.07) is 11.4. The lowest BCUT2D eigenvalue weighted by molar-refractivity contribution is -0.142. The number of amides is 1. The van der Waals surface area contributed by atoms with Gasteiger partial charge < -0.3 is 14.8 Å². The van der Waals surface area contributed by atoms with Crippen LogP contribution < -0.4 is 10.1 Å². The second-order valence-corrected chi connectivity index (χ2v) is 8.00. The van der Waals surface area contributed by atoms with Gasteiger partial charge in [0.15, 0.2) is 0 Å². The molecule has 1 atom stereocenters. The number of nitrogens with one attached hydrogen (secondary N) is 1. The van der Waals surface area contributed by atoms with Gasteiger partial charge in [0.25, 0.3) is 5.91 Å². The van der Waals surface area contributed by atoms with Gasteiger partial charge in [0.05, 0.1) is 22.7 Å². The monoisotopic (exact) mass is 499 g/mol. The van der Waals surface area contributed by atoms with E-state index in [0.29, 0.717) is 5.75 Å². The Morgan fingerprint density at radius 3 is 2.29 bits per heavy atom. The number of rotatable bonds is 9. The van der Waals surface area contributed by atoms with Crippen LogP contribution in [0.4, 0.5) is 0 Å². The highest BCUT2D eigenvalue weighted by Crippen LogP contribution is 2.24. The van der Waals surface area contributed by atoms with E-state index in [-0.39, 0.29) is 28.0 Å². The maximum atomic E-state index is 12.6. The zero-order valence-corrected chi connectivity index (χ0v) is 20.1. The molecule has 176 valence electrons. The van der Waals surface area contributed by atoms with Crippen molar-refractivity contribution in [2.75, 3.05) is 7.11 Å². The minimum absolute atomic E-state index is 0.104. The summed E-state index contributed by atoms with van der Waals surface area (Å²) in [6.45, 7) is 2.03. The molecule has 7 nitrogen and oxygen atoms in total. The zero-order valence-electron chi connectivity index (χ0n) is 18.6. The van der Waals surface area contributed by atoms with E-state index in [1.54, 1.807) is 48.8 Å². The molecule has 3 aromatic rings. The second kappa shape index (κ2) is 12.2. The largest absolute Gasteiger partial charge is 0.467 e. The van der Waals surface area contributed by atoms with Crippen molar-refractivity contribution in [3.8, 4) is 11.8 Å². The molecule has 1 unspecified atom stereocenters. The van der Waals surface area contributed by atoms with Crippen molar-refractivity contribution in [1.82, 2.24) is 15.3 Å². The molecule has 1 heterocycles. The quantitative estimate of drug-likeness (QED) is 0.390. The first-order valence-electron chi connectivity index (χ1n) is 10.5. The van der Waals surface area contributed by atoms with E-state index in [2.05, 4.69) is 15.3 Å². The van der Waals surface area contributed by atoms with Gasteiger partial charge in [-0.25, -0.2) is 14.8 Å². The molecule has 0 aliphatic rings. The Kier molecular flexibility index (Phi) is 9.01. The van der Waals surface area contributed by atoms with Crippen LogP contribution in [0.2, 0.25) is 10.0 Å². The van der Waals surface area contributed by atoms with Crippen LogP contribution in [0.3, 0.4) is 0 Å². The van der Waals surface area contributed by atoms with Crippen molar-refractivity contribution in [1.29, 1.82) is 0 Å². The predicted octanol–water partition coefficient (Wildman–Crippen LogP) is 5.51. The third kappa shape index (κ3) is 6.79. The molecule has 0 radical (unpaired) electrons. The molecule has 1 amide bonds. The Morgan fingerprint density at radius 2 is 1.71 bits per heavy atom. The smallest absolute Gasteiger partial charge is 0.328 e. The number of nitrogens with zero attached hydrogens (tertiary/aromatic N) is 2. The number of aryl methyl sites for hydroxylation is 1. The molecule has 0 saturated heterocycles. The molecule has 0 aliphatic heterocycles. The number of benzene rings is 2. The topological polar surface area (TPSA) is 90.4 Å². The van der Waals surface area contributed by atoms with E-state index in [1.807, 2.05) is 25.1 Å². The van der Waals surface area contributed by atoms with E-state index < -0.39 is 17.9 Å². The number of hydrogen-bond acceptors (Lipinski definition) is 6. The second-order valence-electron chi connectivity index (χ2n) is 7.18. The van der Waals surface area contributed by atoms with Crippen LogP contribution in [-0.4, -0.2) is 35.0 Å². The molecule has 0 spiro atoms. The fraction of sp³-hybridized carbons (Fsp3) is 0.200. The van der Waals surface area contributed by atoms with E-state index in [1.165, 1.54) is 7.11 Å². The lowest BCUT2D eigenvalue weighted by atomic mass is 10.1. The maximum Gasteiger partial charge on any atom is 0.328 e. The molecule has 1 N–H and O–H groups in total. The highest BCUT2D eigenvalue weighted by Gasteiger charge is 2.23. The van der Waals surface area contributed by atoms with Crippen molar-refractivity contribution >= 4 is 41.2 Å². The molecule has 0 bridgehead atoms. The van der Waals surface area contributed by atoms with Crippen molar-refractivity contribution in [3.63, 3.8) is 0 Å². The lowest BCUT2D eigenvalue weighted by Crippen LogP contribution is -2.41. The van der Waals surface area contributed by atoms with Crippen molar-refractivity contribution < 1.29 is 19.1 Å². The van der Waals surface area contributed by atoms with Crippen molar-refractivity contribution in [3.05, 3.63) is 87.7 Å². The van der Waals surface area contributed by atoms with Gasteiger partial charge >= 0.3 is 12.0 Å². The Morgan fingerprint density at radius 1 is 1.06 bits per heavy atom. The van der Waals surface area contributed by atoms with Gasteiger partial charge in [-0.2, -0.15) is 0 Å². The van der Waals surface area contributed by atoms with Gasteiger partial charge in [0.1, 0.15) is 11.8 Å². The standard InChI is InChI=1S/C25H23Cl2N3O4/c1-3-16-14-28-25(29-15-16)34-18-12-10-17(11-13-18)6-4-9-21(24(32)33-2)30-23(31)22-19(26)7-5-8-20(22)27/h4-8,10-15,21H,3,9H2,1-2H3,(H,30,31)/b6-4+. The van der Waals surface area contributed by atoms with Gasteiger partial charge in [-0.1, -0.05) is 60.5 Å². The average Bonchev–Trinajstić information content (AvgIpc) is 2.84. The fourth-order valence-corrected chi connectivity index (χ4v) is 3.54. The molecule has 0 fully saturated rings. The Bertz CT molecular complexity index is 1150. The first kappa shape index (κ1) is 25.2. The first-order valence-corrected chi connectivity index (χ1v) is 11.2. The maximum absolute atomic E-state index is 12.6. The molecule has 3 rings (SSSR count). The molecule has 0 saturated carbocycles. The highest BCUT2D eigenvalue weighted by molar-refractivity contribution is 6.39. The van der Waals surface area contributed by atoms with Crippen LogP contribution in [-0.2, 0) is 16.0 Å². The van der Waals surface area contributed by atoms with E-state index in [0.717, 1.165) is 17.5 Å². The van der Waals surface area contributed by atoms with Crippen molar-refractivity contribution in [2.24, 2.45) is 0 Å². The molecule has 2 aromatic carbocycles. The average molecular weight is 500 g/mol. The number of aromatic nitrogens is 2. The molecular formula is C25H23Cl2N3O4. The van der Waals surface area contributed by atoms with Gasteiger partial charge in [0, 0.05) is 12.4 Å². The van der Waals surface area contributed by atoms with E-state index in [4.69, 9.17) is 32.7 Å². The summed E-state index contributed by atoms with van der Waals surface area (Å²) < 4.78 is 10.5. The molecule has 1 aromatic heterocycles. The molecular weight excluding hydrogens is 477 g/mol. The number of esters is 1. The highest BCUT2D eigenvalue weighted by atomic mass is 35.5. The minimum atomic E-state index is -0.910. The Labute approximate surface area is 207 Å². The summed E-state index contributed by atoms with van der Waals surface area (Å²) in [6.07, 6.45) is 8.11. The summed E-state index contributed by atoms with van der Waals surface area (Å²) in [7, 11) is 1.26. The minimum Gasteiger partial charge on any atom is -0.467 e. The first-order chi connectivity index (χ1) is 16.4. The lowest BCUT2D eigenvalue weighted by Gasteiger charge is -2.16. The molecule has 9 heteroatoms. The van der Waals surface area contributed by atoms with Crippen LogP contribution in [0.15, 0.2) is 60.9 Å². The van der Waals surface area contributed by atoms with Crippen LogP contribution in [0, 0.1) is 0 Å². The van der Waals surface area contributed by atoms with Crippen LogP contribution in [0.1, 0.15) is 34.8 Å². The third-order valence-corrected chi connectivity index (χ3v) is 5.47.